The molecule has 0 spiro atoms. The highest BCUT2D eigenvalue weighted by Crippen LogP contribution is 2.41. The molecule has 1 heterocycles. The normalized spacial score (nSPS) is 17.9. The number of amides is 1. The number of hydrogen-bond donors (Lipinski definition) is 2. The largest absolute Gasteiger partial charge is 0.319 e. The van der Waals surface area contributed by atoms with Crippen molar-refractivity contribution in [1.29, 1.82) is 0 Å². The summed E-state index contributed by atoms with van der Waals surface area (Å²) in [5, 5.41) is 7.03. The fraction of sp³-hybridized carbons (Fsp3) is 0.545. The molecule has 0 unspecified atom stereocenters. The number of carbonyl (C=O) groups excluding carboxylic acids is 1. The van der Waals surface area contributed by atoms with Crippen molar-refractivity contribution in [3.63, 3.8) is 0 Å². The Morgan fingerprint density at radius 1 is 1.56 bits per heavy atom. The van der Waals surface area contributed by atoms with Crippen molar-refractivity contribution in [2.45, 2.75) is 19.3 Å². The summed E-state index contributed by atoms with van der Waals surface area (Å²) in [6, 6.07) is 3.88. The van der Waals surface area contributed by atoms with Gasteiger partial charge in [0.1, 0.15) is 0 Å². The number of anilines is 1. The smallest absolute Gasteiger partial charge is 0.232 e. The van der Waals surface area contributed by atoms with Crippen LogP contribution in [0.1, 0.15) is 19.3 Å². The van der Waals surface area contributed by atoms with Crippen LogP contribution in [0, 0.1) is 5.41 Å². The number of nitrogens with one attached hydrogen (secondary N) is 2. The third-order valence-corrected chi connectivity index (χ3v) is 4.66. The summed E-state index contributed by atoms with van der Waals surface area (Å²) in [6.45, 7) is 0.769. The van der Waals surface area contributed by atoms with Crippen LogP contribution in [0.4, 0.5) is 5.00 Å². The third kappa shape index (κ3) is 2.31. The Hall–Kier alpha value is -0.390. The average Bonchev–Trinajstić information content (AvgIpc) is 2.57. The molecule has 0 radical (unpaired) electrons. The number of hydrogen-bond acceptors (Lipinski definition) is 3. The van der Waals surface area contributed by atoms with Crippen LogP contribution in [-0.4, -0.2) is 19.5 Å². The van der Waals surface area contributed by atoms with E-state index < -0.39 is 0 Å². The predicted molar refractivity (Wildman–Crippen MR) is 70.9 cm³/mol. The maximum Gasteiger partial charge on any atom is 0.232 e. The second-order valence-electron chi connectivity index (χ2n) is 4.22. The van der Waals surface area contributed by atoms with Gasteiger partial charge in [-0.25, -0.2) is 0 Å². The van der Waals surface area contributed by atoms with Crippen molar-refractivity contribution in [3.8, 4) is 0 Å². The molecule has 2 rings (SSSR count). The lowest BCUT2D eigenvalue weighted by molar-refractivity contribution is -0.129. The molecule has 0 aliphatic heterocycles. The van der Waals surface area contributed by atoms with Crippen molar-refractivity contribution in [2.24, 2.45) is 5.41 Å². The molecule has 0 atom stereocenters. The second-order valence-corrected chi connectivity index (χ2v) is 6.69. The molecular formula is C11H15BrN2OS. The van der Waals surface area contributed by atoms with E-state index in [2.05, 4.69) is 26.6 Å². The molecule has 1 aliphatic carbocycles. The molecular weight excluding hydrogens is 288 g/mol. The van der Waals surface area contributed by atoms with Gasteiger partial charge in [0.05, 0.1) is 14.2 Å². The van der Waals surface area contributed by atoms with Crippen LogP contribution in [-0.2, 0) is 4.79 Å². The first-order valence-corrected chi connectivity index (χ1v) is 6.99. The highest BCUT2D eigenvalue weighted by atomic mass is 79.9. The van der Waals surface area contributed by atoms with E-state index in [-0.39, 0.29) is 11.3 Å². The monoisotopic (exact) mass is 302 g/mol. The quantitative estimate of drug-likeness (QED) is 0.898. The molecule has 1 amide bonds. The van der Waals surface area contributed by atoms with Crippen LogP contribution in [0.3, 0.4) is 0 Å². The fourth-order valence-corrected chi connectivity index (χ4v) is 3.33. The van der Waals surface area contributed by atoms with Gasteiger partial charge in [-0.1, -0.05) is 6.42 Å². The van der Waals surface area contributed by atoms with Gasteiger partial charge in [-0.3, -0.25) is 4.79 Å². The van der Waals surface area contributed by atoms with E-state index in [4.69, 9.17) is 0 Å². The van der Waals surface area contributed by atoms with Gasteiger partial charge in [-0.2, -0.15) is 0 Å². The van der Waals surface area contributed by atoms with Crippen molar-refractivity contribution < 1.29 is 4.79 Å². The van der Waals surface area contributed by atoms with E-state index in [9.17, 15) is 4.79 Å². The fourth-order valence-electron chi connectivity index (χ4n) is 2.05. The second kappa shape index (κ2) is 4.85. The molecule has 3 nitrogen and oxygen atoms in total. The van der Waals surface area contributed by atoms with E-state index in [1.165, 1.54) is 0 Å². The third-order valence-electron chi connectivity index (χ3n) is 3.12. The zero-order valence-corrected chi connectivity index (χ0v) is 11.6. The molecule has 0 saturated heterocycles. The van der Waals surface area contributed by atoms with Crippen LogP contribution < -0.4 is 10.6 Å². The molecule has 1 aromatic rings. The minimum absolute atomic E-state index is 0.155. The van der Waals surface area contributed by atoms with Gasteiger partial charge in [0, 0.05) is 6.54 Å². The molecule has 1 aliphatic rings. The summed E-state index contributed by atoms with van der Waals surface area (Å²) < 4.78 is 1.04. The Bertz CT molecular complexity index is 387. The van der Waals surface area contributed by atoms with Crippen molar-refractivity contribution in [2.75, 3.05) is 18.9 Å². The Morgan fingerprint density at radius 3 is 2.75 bits per heavy atom. The lowest BCUT2D eigenvalue weighted by atomic mass is 9.68. The zero-order chi connectivity index (χ0) is 11.6. The zero-order valence-electron chi connectivity index (χ0n) is 9.18. The first-order chi connectivity index (χ1) is 7.66. The van der Waals surface area contributed by atoms with E-state index in [1.807, 2.05) is 19.2 Å². The molecule has 5 heteroatoms. The Labute approximate surface area is 108 Å². The summed E-state index contributed by atoms with van der Waals surface area (Å²) >= 11 is 4.94. The molecule has 2 N–H and O–H groups in total. The molecule has 1 aromatic heterocycles. The summed E-state index contributed by atoms with van der Waals surface area (Å²) in [5.74, 6) is 0.155. The summed E-state index contributed by atoms with van der Waals surface area (Å²) in [5.41, 5.74) is -0.175. The minimum Gasteiger partial charge on any atom is -0.319 e. The maximum atomic E-state index is 12.2. The van der Waals surface area contributed by atoms with Gasteiger partial charge in [0.25, 0.3) is 0 Å². The number of rotatable bonds is 4. The van der Waals surface area contributed by atoms with Crippen LogP contribution in [0.25, 0.3) is 0 Å². The SMILES string of the molecule is CNCC1(C(=O)Nc2ccc(Br)s2)CCC1. The molecule has 1 saturated carbocycles. The van der Waals surface area contributed by atoms with Crippen LogP contribution in [0.2, 0.25) is 0 Å². The summed E-state index contributed by atoms with van der Waals surface area (Å²) in [4.78, 5) is 12.2. The van der Waals surface area contributed by atoms with E-state index in [0.29, 0.717) is 0 Å². The molecule has 88 valence electrons. The topological polar surface area (TPSA) is 41.1 Å². The van der Waals surface area contributed by atoms with Gasteiger partial charge >= 0.3 is 0 Å². The standard InChI is InChI=1S/C11H15BrN2OS/c1-13-7-11(5-2-6-11)10(15)14-9-4-3-8(12)16-9/h3-4,13H,2,5-7H2,1H3,(H,14,15). The maximum absolute atomic E-state index is 12.2. The minimum atomic E-state index is -0.175. The van der Waals surface area contributed by atoms with Gasteiger partial charge < -0.3 is 10.6 Å². The average molecular weight is 303 g/mol. The van der Waals surface area contributed by atoms with Gasteiger partial charge in [0.15, 0.2) is 0 Å². The molecule has 1 fully saturated rings. The van der Waals surface area contributed by atoms with E-state index in [1.54, 1.807) is 11.3 Å². The van der Waals surface area contributed by atoms with Crippen molar-refractivity contribution in [3.05, 3.63) is 15.9 Å². The van der Waals surface area contributed by atoms with Crippen molar-refractivity contribution >= 4 is 38.2 Å². The summed E-state index contributed by atoms with van der Waals surface area (Å²) in [7, 11) is 1.90. The Morgan fingerprint density at radius 2 is 2.31 bits per heavy atom. The van der Waals surface area contributed by atoms with Crippen LogP contribution in [0.15, 0.2) is 15.9 Å². The summed E-state index contributed by atoms with van der Waals surface area (Å²) in [6.07, 6.45) is 3.14. The van der Waals surface area contributed by atoms with Crippen molar-refractivity contribution in [1.82, 2.24) is 5.32 Å². The van der Waals surface area contributed by atoms with Gasteiger partial charge in [0.2, 0.25) is 5.91 Å². The van der Waals surface area contributed by atoms with Crippen LogP contribution in [0.5, 0.6) is 0 Å². The Kier molecular flexibility index (Phi) is 3.66. The Balaban J connectivity index is 2.01. The van der Waals surface area contributed by atoms with E-state index in [0.717, 1.165) is 34.6 Å². The molecule has 0 bridgehead atoms. The number of thiophene rings is 1. The van der Waals surface area contributed by atoms with Crippen LogP contribution >= 0.6 is 27.3 Å². The first-order valence-electron chi connectivity index (χ1n) is 5.38. The lowest BCUT2D eigenvalue weighted by Gasteiger charge is -2.39. The predicted octanol–water partition coefficient (Wildman–Crippen LogP) is 2.84. The molecule has 16 heavy (non-hydrogen) atoms. The number of carbonyl (C=O) groups is 1. The number of halogens is 1. The van der Waals surface area contributed by atoms with E-state index >= 15 is 0 Å². The highest BCUT2D eigenvalue weighted by molar-refractivity contribution is 9.11. The highest BCUT2D eigenvalue weighted by Gasteiger charge is 2.43. The van der Waals surface area contributed by atoms with Gasteiger partial charge in [-0.15, -0.1) is 11.3 Å². The van der Waals surface area contributed by atoms with Gasteiger partial charge in [-0.05, 0) is 48.0 Å². The first kappa shape index (κ1) is 12.1. The lowest BCUT2D eigenvalue weighted by Crippen LogP contribution is -2.48. The molecule has 0 aromatic carbocycles.